The van der Waals surface area contributed by atoms with Crippen LogP contribution in [0.2, 0.25) is 0 Å². The number of nitrogen functional groups attached to an aromatic ring is 1. The minimum atomic E-state index is 0.404. The highest BCUT2D eigenvalue weighted by Gasteiger charge is 2.15. The number of ether oxygens (including phenoxy) is 1. The lowest BCUT2D eigenvalue weighted by Crippen LogP contribution is -2.33. The van der Waals surface area contributed by atoms with Crippen LogP contribution < -0.4 is 5.73 Å². The lowest BCUT2D eigenvalue weighted by molar-refractivity contribution is -0.00259. The molecule has 0 bridgehead atoms. The SMILES string of the molecule is CN(Cc1ccc(N)c(Br)c1)CC1CCCCO1. The van der Waals surface area contributed by atoms with Crippen molar-refractivity contribution in [3.63, 3.8) is 0 Å². The Morgan fingerprint density at radius 2 is 2.28 bits per heavy atom. The molecule has 3 nitrogen and oxygen atoms in total. The molecule has 0 radical (unpaired) electrons. The Hall–Kier alpha value is -0.580. The average molecular weight is 313 g/mol. The van der Waals surface area contributed by atoms with Gasteiger partial charge in [-0.15, -0.1) is 0 Å². The second-order valence-corrected chi connectivity index (χ2v) is 5.90. The standard InChI is InChI=1S/C14H21BrN2O/c1-17(10-12-4-2-3-7-18-12)9-11-5-6-14(16)13(15)8-11/h5-6,8,12H,2-4,7,9-10,16H2,1H3. The molecule has 1 aliphatic rings. The first-order valence-electron chi connectivity index (χ1n) is 6.49. The van der Waals surface area contributed by atoms with E-state index in [1.54, 1.807) is 0 Å². The Morgan fingerprint density at radius 3 is 2.94 bits per heavy atom. The van der Waals surface area contributed by atoms with Gasteiger partial charge in [-0.2, -0.15) is 0 Å². The third-order valence-electron chi connectivity index (χ3n) is 3.31. The van der Waals surface area contributed by atoms with Crippen molar-refractivity contribution in [3.05, 3.63) is 28.2 Å². The summed E-state index contributed by atoms with van der Waals surface area (Å²) in [6, 6.07) is 6.12. The van der Waals surface area contributed by atoms with Crippen LogP contribution in [-0.4, -0.2) is 31.2 Å². The molecule has 0 saturated carbocycles. The summed E-state index contributed by atoms with van der Waals surface area (Å²) in [6.45, 7) is 2.85. The highest BCUT2D eigenvalue weighted by Crippen LogP contribution is 2.21. The summed E-state index contributed by atoms with van der Waals surface area (Å²) in [4.78, 5) is 2.31. The second kappa shape index (κ2) is 6.55. The number of rotatable bonds is 4. The Kier molecular flexibility index (Phi) is 5.03. The quantitative estimate of drug-likeness (QED) is 0.869. The van der Waals surface area contributed by atoms with E-state index in [1.807, 2.05) is 6.07 Å². The minimum Gasteiger partial charge on any atom is -0.398 e. The lowest BCUT2D eigenvalue weighted by atomic mass is 10.1. The molecule has 1 saturated heterocycles. The normalized spacial score (nSPS) is 20.3. The molecule has 1 fully saturated rings. The maximum absolute atomic E-state index is 5.79. The van der Waals surface area contributed by atoms with E-state index in [-0.39, 0.29) is 0 Å². The van der Waals surface area contributed by atoms with Crippen LogP contribution in [0.5, 0.6) is 0 Å². The molecule has 0 aliphatic carbocycles. The molecule has 0 spiro atoms. The Labute approximate surface area is 117 Å². The van der Waals surface area contributed by atoms with E-state index in [9.17, 15) is 0 Å². The zero-order valence-corrected chi connectivity index (χ0v) is 12.4. The monoisotopic (exact) mass is 312 g/mol. The Morgan fingerprint density at radius 1 is 1.44 bits per heavy atom. The summed E-state index contributed by atoms with van der Waals surface area (Å²) < 4.78 is 6.73. The van der Waals surface area contributed by atoms with Gasteiger partial charge in [0.2, 0.25) is 0 Å². The first kappa shape index (κ1) is 13.8. The summed E-state index contributed by atoms with van der Waals surface area (Å²) in [5.74, 6) is 0. The summed E-state index contributed by atoms with van der Waals surface area (Å²) in [5.41, 5.74) is 7.85. The topological polar surface area (TPSA) is 38.5 Å². The van der Waals surface area contributed by atoms with Gasteiger partial charge in [-0.3, -0.25) is 4.90 Å². The van der Waals surface area contributed by atoms with Gasteiger partial charge in [0, 0.05) is 29.9 Å². The van der Waals surface area contributed by atoms with Crippen molar-refractivity contribution in [1.29, 1.82) is 0 Å². The number of likely N-dealkylation sites (N-methyl/N-ethyl adjacent to an activating group) is 1. The van der Waals surface area contributed by atoms with Gasteiger partial charge < -0.3 is 10.5 Å². The number of nitrogens with two attached hydrogens (primary N) is 1. The van der Waals surface area contributed by atoms with Crippen LogP contribution in [-0.2, 0) is 11.3 Å². The molecule has 1 aromatic rings. The maximum atomic E-state index is 5.79. The van der Waals surface area contributed by atoms with Crippen molar-refractivity contribution in [2.45, 2.75) is 31.9 Å². The summed E-state index contributed by atoms with van der Waals surface area (Å²) in [7, 11) is 2.14. The molecule has 1 aliphatic heterocycles. The Balaban J connectivity index is 1.85. The fourth-order valence-electron chi connectivity index (χ4n) is 2.34. The molecule has 4 heteroatoms. The maximum Gasteiger partial charge on any atom is 0.0702 e. The smallest absolute Gasteiger partial charge is 0.0702 e. The van der Waals surface area contributed by atoms with Crippen LogP contribution in [0.3, 0.4) is 0 Å². The van der Waals surface area contributed by atoms with Gasteiger partial charge in [-0.05, 0) is 59.9 Å². The van der Waals surface area contributed by atoms with Gasteiger partial charge >= 0.3 is 0 Å². The third-order valence-corrected chi connectivity index (χ3v) is 3.99. The average Bonchev–Trinajstić information content (AvgIpc) is 2.35. The molecule has 0 amide bonds. The second-order valence-electron chi connectivity index (χ2n) is 5.04. The largest absolute Gasteiger partial charge is 0.398 e. The van der Waals surface area contributed by atoms with Gasteiger partial charge in [0.15, 0.2) is 0 Å². The molecule has 2 N–H and O–H groups in total. The van der Waals surface area contributed by atoms with Crippen LogP contribution >= 0.6 is 15.9 Å². The molecule has 18 heavy (non-hydrogen) atoms. The lowest BCUT2D eigenvalue weighted by Gasteiger charge is -2.27. The van der Waals surface area contributed by atoms with E-state index in [0.717, 1.165) is 29.9 Å². The molecular weight excluding hydrogens is 292 g/mol. The molecule has 0 aromatic heterocycles. The van der Waals surface area contributed by atoms with Crippen molar-refractivity contribution in [2.24, 2.45) is 0 Å². The molecule has 100 valence electrons. The van der Waals surface area contributed by atoms with Crippen LogP contribution in [0, 0.1) is 0 Å². The van der Waals surface area contributed by atoms with Crippen molar-refractivity contribution in [1.82, 2.24) is 4.90 Å². The van der Waals surface area contributed by atoms with Crippen LogP contribution in [0.1, 0.15) is 24.8 Å². The number of benzene rings is 1. The summed E-state index contributed by atoms with van der Waals surface area (Å²) in [6.07, 6.45) is 4.10. The van der Waals surface area contributed by atoms with E-state index in [0.29, 0.717) is 6.10 Å². The van der Waals surface area contributed by atoms with Crippen molar-refractivity contribution in [2.75, 3.05) is 25.9 Å². The zero-order chi connectivity index (χ0) is 13.0. The van der Waals surface area contributed by atoms with E-state index < -0.39 is 0 Å². The van der Waals surface area contributed by atoms with E-state index >= 15 is 0 Å². The third kappa shape index (κ3) is 3.97. The van der Waals surface area contributed by atoms with E-state index in [1.165, 1.54) is 24.8 Å². The molecule has 1 atom stereocenters. The first-order chi connectivity index (χ1) is 8.65. The molecule has 1 aromatic carbocycles. The fourth-order valence-corrected chi connectivity index (χ4v) is 2.77. The number of nitrogens with zero attached hydrogens (tertiary/aromatic N) is 1. The van der Waals surface area contributed by atoms with E-state index in [2.05, 4.69) is 40.0 Å². The minimum absolute atomic E-state index is 0.404. The van der Waals surface area contributed by atoms with E-state index in [4.69, 9.17) is 10.5 Å². The predicted molar refractivity (Wildman–Crippen MR) is 78.5 cm³/mol. The van der Waals surface area contributed by atoms with Crippen molar-refractivity contribution < 1.29 is 4.74 Å². The molecule has 2 rings (SSSR count). The van der Waals surface area contributed by atoms with Gasteiger partial charge in [0.25, 0.3) is 0 Å². The molecule has 1 heterocycles. The Bertz CT molecular complexity index is 391. The number of halogens is 1. The highest BCUT2D eigenvalue weighted by molar-refractivity contribution is 9.10. The first-order valence-corrected chi connectivity index (χ1v) is 7.28. The number of hydrogen-bond acceptors (Lipinski definition) is 3. The van der Waals surface area contributed by atoms with Crippen LogP contribution in [0.15, 0.2) is 22.7 Å². The van der Waals surface area contributed by atoms with Crippen LogP contribution in [0.25, 0.3) is 0 Å². The van der Waals surface area contributed by atoms with Gasteiger partial charge in [-0.25, -0.2) is 0 Å². The molecular formula is C14H21BrN2O. The highest BCUT2D eigenvalue weighted by atomic mass is 79.9. The predicted octanol–water partition coefficient (Wildman–Crippen LogP) is 3.03. The van der Waals surface area contributed by atoms with Crippen molar-refractivity contribution in [3.8, 4) is 0 Å². The number of hydrogen-bond donors (Lipinski definition) is 1. The summed E-state index contributed by atoms with van der Waals surface area (Å²) in [5, 5.41) is 0. The van der Waals surface area contributed by atoms with Gasteiger partial charge in [-0.1, -0.05) is 6.07 Å². The van der Waals surface area contributed by atoms with Crippen molar-refractivity contribution >= 4 is 21.6 Å². The summed E-state index contributed by atoms with van der Waals surface area (Å²) >= 11 is 3.47. The fraction of sp³-hybridized carbons (Fsp3) is 0.571. The van der Waals surface area contributed by atoms with Gasteiger partial charge in [0.1, 0.15) is 0 Å². The number of anilines is 1. The zero-order valence-electron chi connectivity index (χ0n) is 10.9. The van der Waals surface area contributed by atoms with Crippen LogP contribution in [0.4, 0.5) is 5.69 Å². The molecule has 1 unspecified atom stereocenters. The van der Waals surface area contributed by atoms with Gasteiger partial charge in [0.05, 0.1) is 6.10 Å².